The number of benzene rings is 1. The first kappa shape index (κ1) is 15.6. The minimum Gasteiger partial charge on any atom is -0.388 e. The van der Waals surface area contributed by atoms with Crippen molar-refractivity contribution in [3.63, 3.8) is 0 Å². The van der Waals surface area contributed by atoms with Crippen LogP contribution in [0.4, 0.5) is 0 Å². The molecule has 0 aromatic heterocycles. The quantitative estimate of drug-likeness (QED) is 0.932. The van der Waals surface area contributed by atoms with E-state index in [1.54, 1.807) is 23.1 Å². The molecule has 0 saturated carbocycles. The number of rotatable bonds is 3. The van der Waals surface area contributed by atoms with E-state index in [1.807, 2.05) is 6.92 Å². The van der Waals surface area contributed by atoms with E-state index >= 15 is 0 Å². The summed E-state index contributed by atoms with van der Waals surface area (Å²) in [6.45, 7) is 3.58. The number of ether oxygens (including phenoxy) is 1. The molecule has 1 aromatic carbocycles. The fraction of sp³-hybridized carbons (Fsp3) is 0.500. The van der Waals surface area contributed by atoms with Gasteiger partial charge in [-0.15, -0.1) is 0 Å². The number of amides is 1. The molecule has 0 bridgehead atoms. The molecule has 1 amide bonds. The SMILES string of the molecule is CC1CN(C(=O)CC(O)c2cc(Cl)cc(Cl)c2)CCO1. The van der Waals surface area contributed by atoms with Crippen LogP contribution in [-0.4, -0.2) is 41.7 Å². The van der Waals surface area contributed by atoms with Crippen LogP contribution in [0.15, 0.2) is 18.2 Å². The number of halogens is 2. The third-order valence-corrected chi connectivity index (χ3v) is 3.67. The predicted octanol–water partition coefficient (Wildman–Crippen LogP) is 2.66. The number of carbonyl (C=O) groups is 1. The predicted molar refractivity (Wildman–Crippen MR) is 78.0 cm³/mol. The minimum atomic E-state index is -0.906. The smallest absolute Gasteiger partial charge is 0.225 e. The summed E-state index contributed by atoms with van der Waals surface area (Å²) < 4.78 is 5.39. The molecule has 2 unspecified atom stereocenters. The molecule has 0 aliphatic carbocycles. The van der Waals surface area contributed by atoms with Crippen molar-refractivity contribution in [3.05, 3.63) is 33.8 Å². The van der Waals surface area contributed by atoms with Crippen LogP contribution in [0.1, 0.15) is 25.0 Å². The van der Waals surface area contributed by atoms with E-state index in [0.29, 0.717) is 35.3 Å². The third kappa shape index (κ3) is 4.09. The van der Waals surface area contributed by atoms with Gasteiger partial charge in [0, 0.05) is 23.1 Å². The average molecular weight is 318 g/mol. The third-order valence-electron chi connectivity index (χ3n) is 3.23. The van der Waals surface area contributed by atoms with Gasteiger partial charge in [-0.1, -0.05) is 23.2 Å². The van der Waals surface area contributed by atoms with Crippen LogP contribution < -0.4 is 0 Å². The van der Waals surface area contributed by atoms with Crippen molar-refractivity contribution in [3.8, 4) is 0 Å². The zero-order valence-corrected chi connectivity index (χ0v) is 12.7. The number of carbonyl (C=O) groups excluding carboxylic acids is 1. The van der Waals surface area contributed by atoms with E-state index in [9.17, 15) is 9.90 Å². The summed E-state index contributed by atoms with van der Waals surface area (Å²) in [5.74, 6) is -0.0938. The Labute approximate surface area is 128 Å². The van der Waals surface area contributed by atoms with Gasteiger partial charge in [0.25, 0.3) is 0 Å². The molecule has 1 aliphatic rings. The van der Waals surface area contributed by atoms with Crippen molar-refractivity contribution < 1.29 is 14.6 Å². The lowest BCUT2D eigenvalue weighted by atomic mass is 10.1. The number of nitrogens with zero attached hydrogens (tertiary/aromatic N) is 1. The van der Waals surface area contributed by atoms with Crippen molar-refractivity contribution in [2.24, 2.45) is 0 Å². The average Bonchev–Trinajstić information content (AvgIpc) is 2.37. The molecule has 6 heteroatoms. The molecule has 4 nitrogen and oxygen atoms in total. The Morgan fingerprint density at radius 1 is 1.45 bits per heavy atom. The molecule has 0 spiro atoms. The molecule has 1 aromatic rings. The van der Waals surface area contributed by atoms with Gasteiger partial charge in [-0.2, -0.15) is 0 Å². The first-order valence-corrected chi connectivity index (χ1v) is 7.24. The zero-order chi connectivity index (χ0) is 14.7. The van der Waals surface area contributed by atoms with E-state index in [1.165, 1.54) is 0 Å². The van der Waals surface area contributed by atoms with Crippen molar-refractivity contribution >= 4 is 29.1 Å². The number of aliphatic hydroxyl groups excluding tert-OH is 1. The highest BCUT2D eigenvalue weighted by Crippen LogP contribution is 2.25. The highest BCUT2D eigenvalue weighted by atomic mass is 35.5. The van der Waals surface area contributed by atoms with Gasteiger partial charge in [0.2, 0.25) is 5.91 Å². The lowest BCUT2D eigenvalue weighted by Crippen LogP contribution is -2.44. The number of aliphatic hydroxyl groups is 1. The first-order valence-electron chi connectivity index (χ1n) is 6.49. The Balaban J connectivity index is 1.99. The van der Waals surface area contributed by atoms with Crippen LogP contribution in [0.5, 0.6) is 0 Å². The fourth-order valence-electron chi connectivity index (χ4n) is 2.22. The van der Waals surface area contributed by atoms with Gasteiger partial charge in [0.05, 0.1) is 25.2 Å². The monoisotopic (exact) mass is 317 g/mol. The molecular weight excluding hydrogens is 301 g/mol. The molecule has 1 heterocycles. The molecule has 1 fully saturated rings. The van der Waals surface area contributed by atoms with Gasteiger partial charge in [0.1, 0.15) is 0 Å². The molecule has 1 N–H and O–H groups in total. The highest BCUT2D eigenvalue weighted by molar-refractivity contribution is 6.34. The van der Waals surface area contributed by atoms with Crippen molar-refractivity contribution in [1.82, 2.24) is 4.90 Å². The van der Waals surface area contributed by atoms with Gasteiger partial charge >= 0.3 is 0 Å². The van der Waals surface area contributed by atoms with E-state index in [-0.39, 0.29) is 18.4 Å². The summed E-state index contributed by atoms with van der Waals surface area (Å²) in [6, 6.07) is 4.82. The summed E-state index contributed by atoms with van der Waals surface area (Å²) in [6.07, 6.45) is -0.856. The topological polar surface area (TPSA) is 49.8 Å². The Bertz CT molecular complexity index is 475. The van der Waals surface area contributed by atoms with Crippen LogP contribution in [0, 0.1) is 0 Å². The summed E-state index contributed by atoms with van der Waals surface area (Å²) in [4.78, 5) is 13.9. The van der Waals surface area contributed by atoms with Crippen LogP contribution >= 0.6 is 23.2 Å². The zero-order valence-electron chi connectivity index (χ0n) is 11.2. The first-order chi connectivity index (χ1) is 9.45. The van der Waals surface area contributed by atoms with Crippen molar-refractivity contribution in [2.45, 2.75) is 25.6 Å². The summed E-state index contributed by atoms with van der Waals surface area (Å²) in [7, 11) is 0. The molecule has 1 aliphatic heterocycles. The summed E-state index contributed by atoms with van der Waals surface area (Å²) >= 11 is 11.8. The Morgan fingerprint density at radius 2 is 2.10 bits per heavy atom. The van der Waals surface area contributed by atoms with Crippen molar-refractivity contribution in [2.75, 3.05) is 19.7 Å². The fourth-order valence-corrected chi connectivity index (χ4v) is 2.77. The maximum absolute atomic E-state index is 12.1. The van der Waals surface area contributed by atoms with Gasteiger partial charge < -0.3 is 14.7 Å². The Hall–Kier alpha value is -0.810. The van der Waals surface area contributed by atoms with Gasteiger partial charge in [-0.25, -0.2) is 0 Å². The summed E-state index contributed by atoms with van der Waals surface area (Å²) in [5.41, 5.74) is 0.553. The second-order valence-electron chi connectivity index (χ2n) is 4.94. The number of hydrogen-bond donors (Lipinski definition) is 1. The molecular formula is C14H17Cl2NO3. The highest BCUT2D eigenvalue weighted by Gasteiger charge is 2.24. The van der Waals surface area contributed by atoms with Crippen LogP contribution in [-0.2, 0) is 9.53 Å². The molecule has 2 rings (SSSR count). The van der Waals surface area contributed by atoms with Crippen LogP contribution in [0.25, 0.3) is 0 Å². The van der Waals surface area contributed by atoms with E-state index in [2.05, 4.69) is 0 Å². The van der Waals surface area contributed by atoms with Gasteiger partial charge in [0.15, 0.2) is 0 Å². The van der Waals surface area contributed by atoms with Crippen LogP contribution in [0.3, 0.4) is 0 Å². The standard InChI is InChI=1S/C14H17Cl2NO3/c1-9-8-17(2-3-20-9)14(19)7-13(18)10-4-11(15)6-12(16)5-10/h4-6,9,13,18H,2-3,7-8H2,1H3. The second kappa shape index (κ2) is 6.76. The number of morpholine rings is 1. The lowest BCUT2D eigenvalue weighted by molar-refractivity contribution is -0.140. The Kier molecular flexibility index (Phi) is 5.27. The number of hydrogen-bond acceptors (Lipinski definition) is 3. The van der Waals surface area contributed by atoms with Gasteiger partial charge in [-0.3, -0.25) is 4.79 Å². The normalized spacial score (nSPS) is 20.8. The lowest BCUT2D eigenvalue weighted by Gasteiger charge is -2.31. The molecule has 2 atom stereocenters. The van der Waals surface area contributed by atoms with E-state index < -0.39 is 6.10 Å². The summed E-state index contributed by atoms with van der Waals surface area (Å²) in [5, 5.41) is 11.0. The molecule has 1 saturated heterocycles. The molecule has 110 valence electrons. The van der Waals surface area contributed by atoms with Gasteiger partial charge in [-0.05, 0) is 30.7 Å². The largest absolute Gasteiger partial charge is 0.388 e. The maximum Gasteiger partial charge on any atom is 0.225 e. The molecule has 0 radical (unpaired) electrons. The van der Waals surface area contributed by atoms with E-state index in [0.717, 1.165) is 0 Å². The Morgan fingerprint density at radius 3 is 2.70 bits per heavy atom. The van der Waals surface area contributed by atoms with E-state index in [4.69, 9.17) is 27.9 Å². The maximum atomic E-state index is 12.1. The van der Waals surface area contributed by atoms with Crippen molar-refractivity contribution in [1.29, 1.82) is 0 Å². The second-order valence-corrected chi connectivity index (χ2v) is 5.82. The molecule has 20 heavy (non-hydrogen) atoms. The van der Waals surface area contributed by atoms with Crippen LogP contribution in [0.2, 0.25) is 10.0 Å². The minimum absolute atomic E-state index is 0.0173.